The summed E-state index contributed by atoms with van der Waals surface area (Å²) in [6.45, 7) is 6.46. The minimum atomic E-state index is -1.35. The number of anilines is 1. The first-order valence-corrected chi connectivity index (χ1v) is 13.7. The Bertz CT molecular complexity index is 1210. The molecule has 0 saturated heterocycles. The summed E-state index contributed by atoms with van der Waals surface area (Å²) < 4.78 is 0. The average Bonchev–Trinajstić information content (AvgIpc) is 3.06. The molecule has 4 aliphatic rings. The lowest BCUT2D eigenvalue weighted by molar-refractivity contribution is -0.996. The fraction of sp³-hybridized carbons (Fsp3) is 0.667. The van der Waals surface area contributed by atoms with Crippen LogP contribution in [0.4, 0.5) is 21.9 Å². The number of nitrogens with one attached hydrogen (secondary N) is 4. The van der Waals surface area contributed by atoms with Crippen molar-refractivity contribution >= 4 is 34.8 Å². The Morgan fingerprint density at radius 1 is 1.03 bits per heavy atom. The van der Waals surface area contributed by atoms with Crippen molar-refractivity contribution in [2.45, 2.75) is 78.6 Å². The standard InChI is InChI=1S/C27H39N5O7/c1-24-11-7-20-25(2)9-4-10-26(3,22(33)34)19(25)8-12-27(20,15-24)14-21(24)29-30-23(35)28-17-6-5-16(31(36)37)13-18(17)32(38)39/h5-6,13,19-20,31-32,36,38H,4,7-12,14-15H2,1-3H3,(H,33,34)(H2,28,30,35). The van der Waals surface area contributed by atoms with Gasteiger partial charge in [0.1, 0.15) is 5.69 Å². The molecular weight excluding hydrogens is 506 g/mol. The van der Waals surface area contributed by atoms with Crippen molar-refractivity contribution in [2.75, 3.05) is 5.32 Å². The van der Waals surface area contributed by atoms with Gasteiger partial charge in [0.2, 0.25) is 0 Å². The van der Waals surface area contributed by atoms with Crippen LogP contribution < -0.4 is 21.2 Å². The molecule has 5 rings (SSSR count). The molecule has 12 heteroatoms. The number of rotatable bonds is 5. The summed E-state index contributed by atoms with van der Waals surface area (Å²) in [6, 6.07) is 2.78. The summed E-state index contributed by atoms with van der Waals surface area (Å²) in [4.78, 5) is 25.1. The summed E-state index contributed by atoms with van der Waals surface area (Å²) >= 11 is 0. The third-order valence-electron chi connectivity index (χ3n) is 10.9. The maximum atomic E-state index is 12.7. The molecule has 4 aliphatic carbocycles. The molecule has 8 unspecified atom stereocenters. The van der Waals surface area contributed by atoms with Crippen molar-refractivity contribution in [3.8, 4) is 0 Å². The molecule has 12 nitrogen and oxygen atoms in total. The van der Waals surface area contributed by atoms with Crippen LogP contribution in [0.25, 0.3) is 0 Å². The second-order valence-electron chi connectivity index (χ2n) is 13.0. The number of carbonyl (C=O) groups is 2. The van der Waals surface area contributed by atoms with Gasteiger partial charge in [0.05, 0.1) is 11.5 Å². The van der Waals surface area contributed by atoms with Crippen LogP contribution in [-0.2, 0) is 4.79 Å². The quantitative estimate of drug-likeness (QED) is 0.277. The smallest absolute Gasteiger partial charge is 0.339 e. The predicted molar refractivity (Wildman–Crippen MR) is 141 cm³/mol. The van der Waals surface area contributed by atoms with Crippen molar-refractivity contribution in [3.05, 3.63) is 28.6 Å². The van der Waals surface area contributed by atoms with E-state index in [4.69, 9.17) is 5.21 Å². The van der Waals surface area contributed by atoms with Crippen LogP contribution in [0.15, 0.2) is 23.3 Å². The number of fused-ring (bicyclic) bond motifs is 3. The molecule has 2 bridgehead atoms. The van der Waals surface area contributed by atoms with E-state index in [1.807, 2.05) is 6.92 Å². The highest BCUT2D eigenvalue weighted by atomic mass is 16.8. The van der Waals surface area contributed by atoms with Crippen molar-refractivity contribution < 1.29 is 35.6 Å². The van der Waals surface area contributed by atoms with Gasteiger partial charge in [0.25, 0.3) is 0 Å². The molecule has 0 heterocycles. The molecule has 7 N–H and O–H groups in total. The summed E-state index contributed by atoms with van der Waals surface area (Å²) in [7, 11) is 0. The number of carboxylic acid groups (broad SMARTS) is 1. The number of hydrogen-bond acceptors (Lipinski definition) is 7. The van der Waals surface area contributed by atoms with Crippen LogP contribution in [-0.4, -0.2) is 33.2 Å². The molecule has 1 aromatic carbocycles. The van der Waals surface area contributed by atoms with Crippen LogP contribution in [0.3, 0.4) is 0 Å². The van der Waals surface area contributed by atoms with E-state index in [0.717, 1.165) is 69.6 Å². The van der Waals surface area contributed by atoms with Crippen molar-refractivity contribution in [3.63, 3.8) is 0 Å². The summed E-state index contributed by atoms with van der Waals surface area (Å²) in [5, 5.41) is 56.0. The third kappa shape index (κ3) is 4.43. The molecule has 214 valence electrons. The number of carboxylic acids is 1. The highest BCUT2D eigenvalue weighted by Gasteiger charge is 2.67. The third-order valence-corrected chi connectivity index (χ3v) is 10.9. The molecule has 39 heavy (non-hydrogen) atoms. The minimum absolute atomic E-state index is 0.0229. The van der Waals surface area contributed by atoms with E-state index >= 15 is 0 Å². The number of carbonyl (C=O) groups excluding carboxylic acids is 1. The molecule has 0 aromatic heterocycles. The van der Waals surface area contributed by atoms with Gasteiger partial charge in [-0.2, -0.15) is 15.6 Å². The van der Waals surface area contributed by atoms with E-state index in [9.17, 15) is 30.3 Å². The monoisotopic (exact) mass is 545 g/mol. The molecule has 0 aliphatic heterocycles. The number of benzene rings is 1. The van der Waals surface area contributed by atoms with Gasteiger partial charge in [-0.1, -0.05) is 20.3 Å². The second-order valence-corrected chi connectivity index (χ2v) is 13.0. The maximum absolute atomic E-state index is 12.7. The largest absolute Gasteiger partial charge is 0.595 e. The number of aliphatic carboxylic acids is 1. The van der Waals surface area contributed by atoms with Crippen molar-refractivity contribution in [1.82, 2.24) is 5.43 Å². The Morgan fingerprint density at radius 2 is 1.74 bits per heavy atom. The molecule has 8 atom stereocenters. The van der Waals surface area contributed by atoms with E-state index in [2.05, 4.69) is 29.7 Å². The zero-order chi connectivity index (χ0) is 28.4. The fourth-order valence-corrected chi connectivity index (χ4v) is 9.19. The van der Waals surface area contributed by atoms with Gasteiger partial charge >= 0.3 is 12.0 Å². The Hall–Kier alpha value is -2.61. The van der Waals surface area contributed by atoms with Crippen LogP contribution >= 0.6 is 0 Å². The number of hydrazone groups is 1. The van der Waals surface area contributed by atoms with Crippen LogP contribution in [0.1, 0.15) is 78.6 Å². The van der Waals surface area contributed by atoms with Crippen molar-refractivity contribution in [1.29, 1.82) is 0 Å². The van der Waals surface area contributed by atoms with Crippen molar-refractivity contribution in [2.24, 2.45) is 38.6 Å². The van der Waals surface area contributed by atoms with Gasteiger partial charge in [-0.25, -0.2) is 20.6 Å². The van der Waals surface area contributed by atoms with Gasteiger partial charge in [-0.3, -0.25) is 4.79 Å². The first-order chi connectivity index (χ1) is 18.2. The van der Waals surface area contributed by atoms with Crippen LogP contribution in [0, 0.1) is 43.9 Å². The maximum Gasteiger partial charge on any atom is 0.339 e. The average molecular weight is 546 g/mol. The zero-order valence-corrected chi connectivity index (χ0v) is 22.7. The van der Waals surface area contributed by atoms with E-state index in [0.29, 0.717) is 5.92 Å². The zero-order valence-electron chi connectivity index (χ0n) is 22.7. The Morgan fingerprint density at radius 3 is 2.41 bits per heavy atom. The lowest BCUT2D eigenvalue weighted by Gasteiger charge is -2.63. The van der Waals surface area contributed by atoms with Gasteiger partial charge in [-0.05, 0) is 87.0 Å². The SMILES string of the molecule is CC12CCC3C(CCC4C(C)(C(=O)O)CCCC34C)(CC1=NNC(=O)Nc1ccc([NH+]([O-])O)cc1[NH+]([O-])O)C2. The highest BCUT2D eigenvalue weighted by molar-refractivity contribution is 5.96. The van der Waals surface area contributed by atoms with Gasteiger partial charge in [0.15, 0.2) is 11.4 Å². The normalized spacial score (nSPS) is 39.8. The Kier molecular flexibility index (Phi) is 6.80. The van der Waals surface area contributed by atoms with Gasteiger partial charge < -0.3 is 20.8 Å². The first-order valence-electron chi connectivity index (χ1n) is 13.7. The molecule has 4 fully saturated rings. The Balaban J connectivity index is 1.34. The number of urea groups is 1. The highest BCUT2D eigenvalue weighted by Crippen LogP contribution is 2.73. The predicted octanol–water partition coefficient (Wildman–Crippen LogP) is 2.86. The summed E-state index contributed by atoms with van der Waals surface area (Å²) in [5.41, 5.74) is 2.09. The minimum Gasteiger partial charge on any atom is -0.595 e. The topological polar surface area (TPSA) is 186 Å². The number of nitrogens with zero attached hydrogens (tertiary/aromatic N) is 1. The first kappa shape index (κ1) is 27.9. The molecular formula is C27H39N5O7. The van der Waals surface area contributed by atoms with E-state index in [1.54, 1.807) is 0 Å². The lowest BCUT2D eigenvalue weighted by atomic mass is 9.40. The number of hydrogen-bond donors (Lipinski definition) is 7. The van der Waals surface area contributed by atoms with Gasteiger partial charge in [0, 0.05) is 17.2 Å². The van der Waals surface area contributed by atoms with E-state index in [1.165, 1.54) is 12.1 Å². The van der Waals surface area contributed by atoms with Crippen LogP contribution in [0.2, 0.25) is 0 Å². The number of quaternary nitrogens is 2. The summed E-state index contributed by atoms with van der Waals surface area (Å²) in [6.07, 6.45) is 8.21. The molecule has 1 spiro atoms. The summed E-state index contributed by atoms with van der Waals surface area (Å²) in [5.74, 6) is -0.122. The van der Waals surface area contributed by atoms with E-state index < -0.39 is 27.9 Å². The number of amides is 2. The van der Waals surface area contributed by atoms with Gasteiger partial charge in [-0.15, -0.1) is 0 Å². The molecule has 2 amide bonds. The second kappa shape index (κ2) is 9.50. The fourth-order valence-electron chi connectivity index (χ4n) is 9.19. The molecule has 4 saturated carbocycles. The lowest BCUT2D eigenvalue weighted by Crippen LogP contribution is -3.00. The Labute approximate surface area is 227 Å². The van der Waals surface area contributed by atoms with Crippen LogP contribution in [0.5, 0.6) is 0 Å². The van der Waals surface area contributed by atoms with E-state index in [-0.39, 0.29) is 39.2 Å². The molecule has 0 radical (unpaired) electrons. The molecule has 1 aromatic rings.